The zero-order valence-corrected chi connectivity index (χ0v) is 20.5. The van der Waals surface area contributed by atoms with Crippen molar-refractivity contribution in [2.24, 2.45) is 0 Å². The zero-order chi connectivity index (χ0) is 25.5. The number of carbonyl (C=O) groups excluding carboxylic acids is 2. The van der Waals surface area contributed by atoms with E-state index in [2.05, 4.69) is 25.5 Å². The van der Waals surface area contributed by atoms with Crippen molar-refractivity contribution in [3.05, 3.63) is 65.9 Å². The molecule has 10 heteroatoms. The Balaban J connectivity index is 1.28. The van der Waals surface area contributed by atoms with Crippen LogP contribution in [0.5, 0.6) is 5.75 Å². The van der Waals surface area contributed by atoms with Gasteiger partial charge in [0.05, 0.1) is 13.2 Å². The van der Waals surface area contributed by atoms with Gasteiger partial charge in [0, 0.05) is 43.8 Å². The van der Waals surface area contributed by atoms with Crippen LogP contribution in [0.3, 0.4) is 0 Å². The summed E-state index contributed by atoms with van der Waals surface area (Å²) in [6.45, 7) is 7.47. The normalized spacial score (nSPS) is 13.8. The molecule has 0 saturated carbocycles. The summed E-state index contributed by atoms with van der Waals surface area (Å²) < 4.78 is 5.41. The Bertz CT molecular complexity index is 1190. The summed E-state index contributed by atoms with van der Waals surface area (Å²) >= 11 is 0. The molecule has 2 amide bonds. The van der Waals surface area contributed by atoms with Crippen LogP contribution in [0.1, 0.15) is 22.8 Å². The highest BCUT2D eigenvalue weighted by molar-refractivity contribution is 6.07. The van der Waals surface area contributed by atoms with Crippen LogP contribution in [0.4, 0.5) is 23.1 Å². The average molecular weight is 490 g/mol. The highest BCUT2D eigenvalue weighted by Crippen LogP contribution is 2.19. The Hall–Kier alpha value is -4.18. The maximum absolute atomic E-state index is 12.7. The third-order valence-electron chi connectivity index (χ3n) is 5.83. The lowest BCUT2D eigenvalue weighted by Gasteiger charge is -2.34. The van der Waals surface area contributed by atoms with Crippen LogP contribution < -0.4 is 26.0 Å². The lowest BCUT2D eigenvalue weighted by atomic mass is 10.2. The summed E-state index contributed by atoms with van der Waals surface area (Å²) in [5.41, 5.74) is 8.87. The Morgan fingerprint density at radius 2 is 1.61 bits per heavy atom. The molecule has 2 heterocycles. The molecule has 1 aromatic heterocycles. The van der Waals surface area contributed by atoms with Crippen LogP contribution in [0.25, 0.3) is 0 Å². The molecule has 0 aliphatic carbocycles. The van der Waals surface area contributed by atoms with Gasteiger partial charge < -0.3 is 26.0 Å². The number of ether oxygens (including phenoxy) is 1. The molecule has 0 radical (unpaired) electrons. The van der Waals surface area contributed by atoms with Crippen LogP contribution in [0, 0.1) is 6.92 Å². The number of piperazine rings is 1. The van der Waals surface area contributed by atoms with Crippen molar-refractivity contribution in [2.45, 2.75) is 13.8 Å². The largest absolute Gasteiger partial charge is 0.494 e. The number of nitrogens with two attached hydrogens (primary N) is 1. The minimum atomic E-state index is -0.382. The van der Waals surface area contributed by atoms with Crippen LogP contribution >= 0.6 is 0 Å². The van der Waals surface area contributed by atoms with E-state index in [1.165, 1.54) is 6.20 Å². The lowest BCUT2D eigenvalue weighted by Crippen LogP contribution is -2.49. The molecule has 0 atom stereocenters. The predicted octanol–water partition coefficient (Wildman–Crippen LogP) is 2.78. The molecule has 0 bridgehead atoms. The number of hydrogen-bond acceptors (Lipinski definition) is 8. The third-order valence-corrected chi connectivity index (χ3v) is 5.83. The summed E-state index contributed by atoms with van der Waals surface area (Å²) in [5.74, 6) is 0.884. The van der Waals surface area contributed by atoms with Crippen LogP contribution in [0.2, 0.25) is 0 Å². The standard InChI is InChI=1S/C26H31N7O3/c1-3-36-21-10-8-20(9-11-21)30-25(35)22-16-28-26(31-24(22)27)33-14-12-32(13-15-33)17-23(34)29-19-6-4-18(2)5-7-19/h4-11,16H,3,12-15,17H2,1-2H3,(H,29,34)(H,30,35)(H2,27,28,31). The lowest BCUT2D eigenvalue weighted by molar-refractivity contribution is -0.117. The molecule has 2 aromatic carbocycles. The van der Waals surface area contributed by atoms with E-state index in [0.29, 0.717) is 51.0 Å². The van der Waals surface area contributed by atoms with E-state index in [1.807, 2.05) is 43.0 Å². The quantitative estimate of drug-likeness (QED) is 0.441. The van der Waals surface area contributed by atoms with Gasteiger partial charge in [0.25, 0.3) is 5.91 Å². The van der Waals surface area contributed by atoms with Crippen molar-refractivity contribution in [3.63, 3.8) is 0 Å². The van der Waals surface area contributed by atoms with Gasteiger partial charge in [-0.3, -0.25) is 14.5 Å². The Morgan fingerprint density at radius 1 is 0.972 bits per heavy atom. The smallest absolute Gasteiger partial charge is 0.260 e. The van der Waals surface area contributed by atoms with Gasteiger partial charge >= 0.3 is 0 Å². The van der Waals surface area contributed by atoms with Gasteiger partial charge in [0.15, 0.2) is 0 Å². The van der Waals surface area contributed by atoms with E-state index in [9.17, 15) is 9.59 Å². The number of aryl methyl sites for hydroxylation is 1. The number of hydrogen-bond donors (Lipinski definition) is 3. The van der Waals surface area contributed by atoms with Crippen molar-refractivity contribution in [3.8, 4) is 5.75 Å². The summed E-state index contributed by atoms with van der Waals surface area (Å²) in [6, 6.07) is 14.8. The van der Waals surface area contributed by atoms with E-state index >= 15 is 0 Å². The fourth-order valence-corrected chi connectivity index (χ4v) is 3.86. The number of nitrogen functional groups attached to an aromatic ring is 1. The Morgan fingerprint density at radius 3 is 2.25 bits per heavy atom. The number of rotatable bonds is 8. The van der Waals surface area contributed by atoms with Crippen molar-refractivity contribution in [1.29, 1.82) is 0 Å². The zero-order valence-electron chi connectivity index (χ0n) is 20.5. The summed E-state index contributed by atoms with van der Waals surface area (Å²) in [5, 5.41) is 5.73. The predicted molar refractivity (Wildman–Crippen MR) is 140 cm³/mol. The Kier molecular flexibility index (Phi) is 7.96. The molecule has 0 spiro atoms. The third kappa shape index (κ3) is 6.48. The van der Waals surface area contributed by atoms with E-state index in [0.717, 1.165) is 17.0 Å². The van der Waals surface area contributed by atoms with Gasteiger partial charge in [-0.25, -0.2) is 4.98 Å². The molecule has 0 unspecified atom stereocenters. The maximum Gasteiger partial charge on any atom is 0.260 e. The van der Waals surface area contributed by atoms with Crippen LogP contribution in [-0.2, 0) is 4.79 Å². The van der Waals surface area contributed by atoms with Gasteiger partial charge in [-0.2, -0.15) is 4.98 Å². The van der Waals surface area contributed by atoms with Gasteiger partial charge in [0.1, 0.15) is 17.1 Å². The van der Waals surface area contributed by atoms with Crippen LogP contribution in [-0.4, -0.2) is 66.0 Å². The van der Waals surface area contributed by atoms with E-state index in [-0.39, 0.29) is 23.2 Å². The number of anilines is 4. The monoisotopic (exact) mass is 489 g/mol. The van der Waals surface area contributed by atoms with Gasteiger partial charge in [-0.15, -0.1) is 0 Å². The molecule has 4 rings (SSSR count). The van der Waals surface area contributed by atoms with Crippen molar-refractivity contribution < 1.29 is 14.3 Å². The fraction of sp³-hybridized carbons (Fsp3) is 0.308. The van der Waals surface area contributed by atoms with Crippen LogP contribution in [0.15, 0.2) is 54.7 Å². The molecule has 1 saturated heterocycles. The first-order valence-corrected chi connectivity index (χ1v) is 11.9. The molecule has 4 N–H and O–H groups in total. The number of nitrogens with one attached hydrogen (secondary N) is 2. The number of aromatic nitrogens is 2. The average Bonchev–Trinajstić information content (AvgIpc) is 2.87. The number of amides is 2. The maximum atomic E-state index is 12.7. The molecule has 36 heavy (non-hydrogen) atoms. The van der Waals surface area contributed by atoms with Crippen molar-refractivity contribution in [2.75, 3.05) is 60.6 Å². The summed E-state index contributed by atoms with van der Waals surface area (Å²) in [7, 11) is 0. The highest BCUT2D eigenvalue weighted by atomic mass is 16.5. The van der Waals surface area contributed by atoms with E-state index < -0.39 is 0 Å². The molecule has 188 valence electrons. The highest BCUT2D eigenvalue weighted by Gasteiger charge is 2.22. The first-order chi connectivity index (χ1) is 17.4. The van der Waals surface area contributed by atoms with E-state index in [4.69, 9.17) is 10.5 Å². The minimum absolute atomic E-state index is 0.0457. The first kappa shape index (κ1) is 24.9. The van der Waals surface area contributed by atoms with Gasteiger partial charge in [0.2, 0.25) is 11.9 Å². The Labute approximate surface area is 210 Å². The van der Waals surface area contributed by atoms with Crippen molar-refractivity contribution in [1.82, 2.24) is 14.9 Å². The molecule has 3 aromatic rings. The second-order valence-corrected chi connectivity index (χ2v) is 8.56. The molecule has 1 aliphatic heterocycles. The number of nitrogens with zero attached hydrogens (tertiary/aromatic N) is 4. The SMILES string of the molecule is CCOc1ccc(NC(=O)c2cnc(N3CCN(CC(=O)Nc4ccc(C)cc4)CC3)nc2N)cc1. The second kappa shape index (κ2) is 11.5. The molecular formula is C26H31N7O3. The first-order valence-electron chi connectivity index (χ1n) is 11.9. The van der Waals surface area contributed by atoms with Gasteiger partial charge in [-0.1, -0.05) is 17.7 Å². The van der Waals surface area contributed by atoms with Crippen molar-refractivity contribution >= 4 is 35.0 Å². The summed E-state index contributed by atoms with van der Waals surface area (Å²) in [4.78, 5) is 37.9. The molecule has 10 nitrogen and oxygen atoms in total. The number of benzene rings is 2. The topological polar surface area (TPSA) is 126 Å². The fourth-order valence-electron chi connectivity index (χ4n) is 3.86. The summed E-state index contributed by atoms with van der Waals surface area (Å²) in [6.07, 6.45) is 1.45. The second-order valence-electron chi connectivity index (χ2n) is 8.56. The molecule has 1 fully saturated rings. The minimum Gasteiger partial charge on any atom is -0.494 e. The molecule has 1 aliphatic rings. The van der Waals surface area contributed by atoms with E-state index in [1.54, 1.807) is 24.3 Å². The van der Waals surface area contributed by atoms with Gasteiger partial charge in [-0.05, 0) is 50.2 Å². The molecular weight excluding hydrogens is 458 g/mol. The number of carbonyl (C=O) groups is 2.